The van der Waals surface area contributed by atoms with E-state index >= 15 is 0 Å². The van der Waals surface area contributed by atoms with Crippen molar-refractivity contribution in [2.45, 2.75) is 26.4 Å². The third kappa shape index (κ3) is 4.51. The number of aryl methyl sites for hydroxylation is 2. The quantitative estimate of drug-likeness (QED) is 0.415. The van der Waals surface area contributed by atoms with Crippen molar-refractivity contribution in [3.63, 3.8) is 0 Å². The van der Waals surface area contributed by atoms with Gasteiger partial charge in [0.25, 0.3) is 5.56 Å². The summed E-state index contributed by atoms with van der Waals surface area (Å²) in [5, 5.41) is 10.4. The highest BCUT2D eigenvalue weighted by atomic mass is 35.5. The van der Waals surface area contributed by atoms with E-state index < -0.39 is 0 Å². The predicted molar refractivity (Wildman–Crippen MR) is 132 cm³/mol. The average molecular weight is 485 g/mol. The number of aromatic nitrogens is 4. The van der Waals surface area contributed by atoms with E-state index in [1.54, 1.807) is 4.57 Å². The van der Waals surface area contributed by atoms with Gasteiger partial charge in [0.15, 0.2) is 0 Å². The van der Waals surface area contributed by atoms with Crippen LogP contribution < -0.4 is 5.56 Å². The maximum Gasteiger partial charge on any atom is 0.262 e. The van der Waals surface area contributed by atoms with Gasteiger partial charge in [-0.05, 0) is 49.7 Å². The molecule has 0 unspecified atom stereocenters. The second kappa shape index (κ2) is 9.43. The Kier molecular flexibility index (Phi) is 6.38. The Labute approximate surface area is 202 Å². The molecule has 0 bridgehead atoms. The van der Waals surface area contributed by atoms with Crippen LogP contribution >= 0.6 is 23.2 Å². The minimum atomic E-state index is -0.00283. The Morgan fingerprint density at radius 1 is 0.909 bits per heavy atom. The highest BCUT2D eigenvalue weighted by molar-refractivity contribution is 6.42. The van der Waals surface area contributed by atoms with E-state index in [1.807, 2.05) is 53.8 Å². The SMILES string of the molecule is Cc1nnc2n(CCCN3CCN(Cc4ccc(Cl)c(Cl)c4)CC3)c(=O)c3ccccc3n12. The van der Waals surface area contributed by atoms with Gasteiger partial charge in [-0.2, -0.15) is 0 Å². The summed E-state index contributed by atoms with van der Waals surface area (Å²) < 4.78 is 3.74. The average Bonchev–Trinajstić information content (AvgIpc) is 3.21. The first-order chi connectivity index (χ1) is 16.0. The molecular weight excluding hydrogens is 459 g/mol. The molecule has 4 aromatic rings. The Hall–Kier alpha value is -2.45. The number of rotatable bonds is 6. The van der Waals surface area contributed by atoms with E-state index in [1.165, 1.54) is 5.56 Å². The number of nitrogens with zero attached hydrogens (tertiary/aromatic N) is 6. The first-order valence-corrected chi connectivity index (χ1v) is 12.0. The molecule has 1 aliphatic rings. The van der Waals surface area contributed by atoms with Crippen molar-refractivity contribution in [1.29, 1.82) is 0 Å². The maximum absolute atomic E-state index is 13.1. The molecule has 0 N–H and O–H groups in total. The van der Waals surface area contributed by atoms with E-state index in [9.17, 15) is 4.79 Å². The number of hydrogen-bond acceptors (Lipinski definition) is 5. The van der Waals surface area contributed by atoms with Gasteiger partial charge in [-0.1, -0.05) is 41.4 Å². The fourth-order valence-electron chi connectivity index (χ4n) is 4.61. The first-order valence-electron chi connectivity index (χ1n) is 11.2. The number of fused-ring (bicyclic) bond motifs is 3. The Morgan fingerprint density at radius 3 is 2.45 bits per heavy atom. The first kappa shape index (κ1) is 22.3. The van der Waals surface area contributed by atoms with Gasteiger partial charge >= 0.3 is 0 Å². The summed E-state index contributed by atoms with van der Waals surface area (Å²) in [7, 11) is 0. The Balaban J connectivity index is 1.21. The van der Waals surface area contributed by atoms with Crippen LogP contribution in [0.3, 0.4) is 0 Å². The molecule has 33 heavy (non-hydrogen) atoms. The molecule has 0 radical (unpaired) electrons. The molecule has 0 saturated carbocycles. The number of hydrogen-bond donors (Lipinski definition) is 0. The minimum absolute atomic E-state index is 0.00283. The smallest absolute Gasteiger partial charge is 0.262 e. The van der Waals surface area contributed by atoms with Crippen LogP contribution in [0.5, 0.6) is 0 Å². The lowest BCUT2D eigenvalue weighted by Crippen LogP contribution is -2.46. The maximum atomic E-state index is 13.1. The molecule has 2 aromatic carbocycles. The number of piperazine rings is 1. The molecule has 9 heteroatoms. The molecule has 5 rings (SSSR count). The molecule has 1 aliphatic heterocycles. The fourth-order valence-corrected chi connectivity index (χ4v) is 4.94. The molecule has 0 spiro atoms. The van der Waals surface area contributed by atoms with Crippen molar-refractivity contribution in [3.05, 3.63) is 74.3 Å². The van der Waals surface area contributed by atoms with Gasteiger partial charge in [0.2, 0.25) is 5.78 Å². The Bertz CT molecular complexity index is 1360. The van der Waals surface area contributed by atoms with E-state index in [2.05, 4.69) is 20.0 Å². The molecule has 3 heterocycles. The van der Waals surface area contributed by atoms with Crippen LogP contribution in [0.4, 0.5) is 0 Å². The monoisotopic (exact) mass is 484 g/mol. The van der Waals surface area contributed by atoms with Gasteiger partial charge in [0.05, 0.1) is 20.9 Å². The molecular formula is C24H26Cl2N6O. The van der Waals surface area contributed by atoms with Crippen molar-refractivity contribution in [2.24, 2.45) is 0 Å². The van der Waals surface area contributed by atoms with Crippen molar-refractivity contribution in [1.82, 2.24) is 29.0 Å². The Morgan fingerprint density at radius 2 is 1.67 bits per heavy atom. The van der Waals surface area contributed by atoms with Crippen LogP contribution in [-0.4, -0.2) is 61.7 Å². The number of benzene rings is 2. The highest BCUT2D eigenvalue weighted by Crippen LogP contribution is 2.23. The fraction of sp³-hybridized carbons (Fsp3) is 0.375. The van der Waals surface area contributed by atoms with Crippen molar-refractivity contribution in [3.8, 4) is 0 Å². The van der Waals surface area contributed by atoms with Crippen LogP contribution in [0.2, 0.25) is 10.0 Å². The molecule has 1 fully saturated rings. The molecule has 172 valence electrons. The van der Waals surface area contributed by atoms with Crippen LogP contribution in [0.15, 0.2) is 47.3 Å². The van der Waals surface area contributed by atoms with E-state index in [-0.39, 0.29) is 5.56 Å². The molecule has 1 saturated heterocycles. The summed E-state index contributed by atoms with van der Waals surface area (Å²) >= 11 is 12.2. The molecule has 0 atom stereocenters. The van der Waals surface area contributed by atoms with Crippen LogP contribution in [0.25, 0.3) is 16.7 Å². The third-order valence-corrected chi connectivity index (χ3v) is 7.12. The second-order valence-electron chi connectivity index (χ2n) is 8.58. The molecule has 2 aromatic heterocycles. The van der Waals surface area contributed by atoms with E-state index in [0.29, 0.717) is 27.8 Å². The zero-order chi connectivity index (χ0) is 22.9. The lowest BCUT2D eigenvalue weighted by Gasteiger charge is -2.34. The minimum Gasteiger partial charge on any atom is -0.301 e. The summed E-state index contributed by atoms with van der Waals surface area (Å²) in [4.78, 5) is 18.0. The van der Waals surface area contributed by atoms with Gasteiger partial charge < -0.3 is 4.90 Å². The van der Waals surface area contributed by atoms with Crippen LogP contribution in [0, 0.1) is 6.92 Å². The summed E-state index contributed by atoms with van der Waals surface area (Å²) in [6, 6.07) is 13.5. The van der Waals surface area contributed by atoms with Crippen LogP contribution in [-0.2, 0) is 13.1 Å². The predicted octanol–water partition coefficient (Wildman–Crippen LogP) is 3.87. The van der Waals surface area contributed by atoms with Gasteiger partial charge in [-0.3, -0.25) is 18.7 Å². The van der Waals surface area contributed by atoms with Gasteiger partial charge in [0, 0.05) is 39.3 Å². The van der Waals surface area contributed by atoms with Gasteiger partial charge in [0.1, 0.15) is 5.82 Å². The summed E-state index contributed by atoms with van der Waals surface area (Å²) in [5.74, 6) is 1.40. The number of para-hydroxylation sites is 1. The van der Waals surface area contributed by atoms with E-state index in [0.717, 1.165) is 57.0 Å². The lowest BCUT2D eigenvalue weighted by atomic mass is 10.2. The van der Waals surface area contributed by atoms with Crippen LogP contribution in [0.1, 0.15) is 17.8 Å². The molecule has 0 aliphatic carbocycles. The standard InChI is InChI=1S/C24H26Cl2N6O/c1-17-27-28-24-31(23(33)19-5-2-3-6-22(19)32(17)24)10-4-9-29-11-13-30(14-12-29)16-18-7-8-20(25)21(26)15-18/h2-3,5-8,15H,4,9-14,16H2,1H3. The van der Waals surface area contributed by atoms with Crippen molar-refractivity contribution >= 4 is 39.9 Å². The lowest BCUT2D eigenvalue weighted by molar-refractivity contribution is 0.125. The third-order valence-electron chi connectivity index (χ3n) is 6.38. The molecule has 0 amide bonds. The zero-order valence-electron chi connectivity index (χ0n) is 18.5. The van der Waals surface area contributed by atoms with Gasteiger partial charge in [-0.25, -0.2) is 0 Å². The normalized spacial score (nSPS) is 15.6. The van der Waals surface area contributed by atoms with Crippen molar-refractivity contribution < 1.29 is 0 Å². The molecule has 7 nitrogen and oxygen atoms in total. The topological polar surface area (TPSA) is 58.7 Å². The van der Waals surface area contributed by atoms with Crippen molar-refractivity contribution in [2.75, 3.05) is 32.7 Å². The summed E-state index contributed by atoms with van der Waals surface area (Å²) in [5.41, 5.74) is 2.03. The number of halogens is 2. The highest BCUT2D eigenvalue weighted by Gasteiger charge is 2.18. The second-order valence-corrected chi connectivity index (χ2v) is 9.39. The van der Waals surface area contributed by atoms with Gasteiger partial charge in [-0.15, -0.1) is 10.2 Å². The summed E-state index contributed by atoms with van der Waals surface area (Å²) in [6.45, 7) is 8.38. The largest absolute Gasteiger partial charge is 0.301 e. The zero-order valence-corrected chi connectivity index (χ0v) is 20.1. The summed E-state index contributed by atoms with van der Waals surface area (Å²) in [6.07, 6.45) is 0.882. The van der Waals surface area contributed by atoms with E-state index in [4.69, 9.17) is 23.2 Å².